The third-order valence-electron chi connectivity index (χ3n) is 2.15. The van der Waals surface area contributed by atoms with Crippen LogP contribution < -0.4 is 4.74 Å². The predicted octanol–water partition coefficient (Wildman–Crippen LogP) is 3.50. The quantitative estimate of drug-likeness (QED) is 0.937. The second-order valence-electron chi connectivity index (χ2n) is 3.49. The van der Waals surface area contributed by atoms with Crippen LogP contribution in [0.1, 0.15) is 10.4 Å². The Bertz CT molecular complexity index is 649. The van der Waals surface area contributed by atoms with Gasteiger partial charge in [0.15, 0.2) is 0 Å². The summed E-state index contributed by atoms with van der Waals surface area (Å²) in [4.78, 5) is 14.4. The zero-order chi connectivity index (χ0) is 14.0. The number of aromatic carboxylic acids is 1. The van der Waals surface area contributed by atoms with E-state index < -0.39 is 23.2 Å². The van der Waals surface area contributed by atoms with E-state index >= 15 is 0 Å². The molecule has 0 saturated heterocycles. The van der Waals surface area contributed by atoms with E-state index in [9.17, 15) is 13.6 Å². The molecule has 0 atom stereocenters. The van der Waals surface area contributed by atoms with Crippen LogP contribution in [0.15, 0.2) is 30.5 Å². The smallest absolute Gasteiger partial charge is 0.341 e. The van der Waals surface area contributed by atoms with Crippen LogP contribution in [-0.4, -0.2) is 16.1 Å². The lowest BCUT2D eigenvalue weighted by Crippen LogP contribution is -2.03. The fourth-order valence-corrected chi connectivity index (χ4v) is 1.48. The Morgan fingerprint density at radius 2 is 2.05 bits per heavy atom. The minimum Gasteiger partial charge on any atom is -0.477 e. The number of nitrogens with zero attached hydrogens (tertiary/aromatic N) is 1. The molecule has 0 aliphatic heterocycles. The van der Waals surface area contributed by atoms with Gasteiger partial charge in [-0.3, -0.25) is 0 Å². The molecule has 0 aliphatic rings. The Kier molecular flexibility index (Phi) is 3.62. The number of hydrogen-bond acceptors (Lipinski definition) is 3. The van der Waals surface area contributed by atoms with E-state index in [4.69, 9.17) is 21.4 Å². The standard InChI is InChI=1S/C12H6ClF2NO3/c13-9-4-7(1-2-10(9)15)19-11-8(12(17)18)3-6(14)5-16-11/h1-5H,(H,17,18). The van der Waals surface area contributed by atoms with Crippen LogP contribution in [0, 0.1) is 11.6 Å². The highest BCUT2D eigenvalue weighted by atomic mass is 35.5. The van der Waals surface area contributed by atoms with Crippen molar-refractivity contribution < 1.29 is 23.4 Å². The number of carbonyl (C=O) groups is 1. The van der Waals surface area contributed by atoms with Gasteiger partial charge in [0, 0.05) is 6.07 Å². The number of benzene rings is 1. The van der Waals surface area contributed by atoms with E-state index in [-0.39, 0.29) is 16.7 Å². The lowest BCUT2D eigenvalue weighted by atomic mass is 10.2. The first-order chi connectivity index (χ1) is 8.97. The Morgan fingerprint density at radius 3 is 2.68 bits per heavy atom. The van der Waals surface area contributed by atoms with E-state index in [1.54, 1.807) is 0 Å². The predicted molar refractivity (Wildman–Crippen MR) is 62.6 cm³/mol. The van der Waals surface area contributed by atoms with E-state index in [1.807, 2.05) is 0 Å². The van der Waals surface area contributed by atoms with Crippen molar-refractivity contribution in [2.45, 2.75) is 0 Å². The minimum atomic E-state index is -1.39. The first-order valence-corrected chi connectivity index (χ1v) is 5.37. The van der Waals surface area contributed by atoms with Crippen molar-refractivity contribution in [2.24, 2.45) is 0 Å². The largest absolute Gasteiger partial charge is 0.477 e. The number of hydrogen-bond donors (Lipinski definition) is 1. The number of pyridine rings is 1. The van der Waals surface area contributed by atoms with Crippen molar-refractivity contribution in [2.75, 3.05) is 0 Å². The molecule has 2 aromatic rings. The molecule has 0 aliphatic carbocycles. The second-order valence-corrected chi connectivity index (χ2v) is 3.90. The molecule has 1 heterocycles. The molecular weight excluding hydrogens is 280 g/mol. The molecule has 0 bridgehead atoms. The summed E-state index contributed by atoms with van der Waals surface area (Å²) >= 11 is 5.56. The monoisotopic (exact) mass is 285 g/mol. The molecule has 19 heavy (non-hydrogen) atoms. The summed E-state index contributed by atoms with van der Waals surface area (Å²) < 4.78 is 31.0. The van der Waals surface area contributed by atoms with Gasteiger partial charge in [-0.1, -0.05) is 11.6 Å². The zero-order valence-electron chi connectivity index (χ0n) is 9.23. The maximum Gasteiger partial charge on any atom is 0.341 e. The first kappa shape index (κ1) is 13.2. The molecule has 4 nitrogen and oxygen atoms in total. The van der Waals surface area contributed by atoms with Crippen LogP contribution >= 0.6 is 11.6 Å². The molecule has 0 fully saturated rings. The van der Waals surface area contributed by atoms with Crippen molar-refractivity contribution >= 4 is 17.6 Å². The molecule has 0 saturated carbocycles. The van der Waals surface area contributed by atoms with Crippen LogP contribution in [0.5, 0.6) is 11.6 Å². The number of carboxylic acid groups (broad SMARTS) is 1. The van der Waals surface area contributed by atoms with Crippen LogP contribution in [0.25, 0.3) is 0 Å². The van der Waals surface area contributed by atoms with Gasteiger partial charge in [-0.2, -0.15) is 0 Å². The molecule has 0 unspecified atom stereocenters. The highest BCUT2D eigenvalue weighted by Gasteiger charge is 2.15. The van der Waals surface area contributed by atoms with Crippen molar-refractivity contribution in [3.05, 3.63) is 52.7 Å². The molecular formula is C12H6ClF2NO3. The third kappa shape index (κ3) is 2.97. The molecule has 0 spiro atoms. The summed E-state index contributed by atoms with van der Waals surface area (Å²) in [6, 6.07) is 4.24. The number of rotatable bonds is 3. The van der Waals surface area contributed by atoms with Crippen LogP contribution in [0.3, 0.4) is 0 Å². The second kappa shape index (κ2) is 5.19. The Labute approximate surface area is 111 Å². The van der Waals surface area contributed by atoms with Gasteiger partial charge in [0.05, 0.1) is 11.2 Å². The van der Waals surface area contributed by atoms with Gasteiger partial charge in [-0.25, -0.2) is 18.6 Å². The van der Waals surface area contributed by atoms with E-state index in [1.165, 1.54) is 6.07 Å². The van der Waals surface area contributed by atoms with Crippen LogP contribution in [-0.2, 0) is 0 Å². The molecule has 7 heteroatoms. The maximum absolute atomic E-state index is 13.0. The van der Waals surface area contributed by atoms with Crippen molar-refractivity contribution in [1.29, 1.82) is 0 Å². The van der Waals surface area contributed by atoms with E-state index in [0.29, 0.717) is 0 Å². The number of aromatic nitrogens is 1. The van der Waals surface area contributed by atoms with Crippen LogP contribution in [0.2, 0.25) is 5.02 Å². The maximum atomic E-state index is 13.0. The van der Waals surface area contributed by atoms with Gasteiger partial charge in [0.1, 0.15) is 22.9 Å². The molecule has 98 valence electrons. The highest BCUT2D eigenvalue weighted by molar-refractivity contribution is 6.30. The summed E-state index contributed by atoms with van der Waals surface area (Å²) in [6.07, 6.45) is 0.812. The van der Waals surface area contributed by atoms with Gasteiger partial charge in [-0.15, -0.1) is 0 Å². The Morgan fingerprint density at radius 1 is 1.32 bits per heavy atom. The number of carboxylic acids is 1. The van der Waals surface area contributed by atoms with Gasteiger partial charge in [0.2, 0.25) is 5.88 Å². The molecule has 0 amide bonds. The average Bonchev–Trinajstić information content (AvgIpc) is 2.36. The van der Waals surface area contributed by atoms with Crippen molar-refractivity contribution in [3.63, 3.8) is 0 Å². The third-order valence-corrected chi connectivity index (χ3v) is 2.44. The van der Waals surface area contributed by atoms with Gasteiger partial charge >= 0.3 is 5.97 Å². The average molecular weight is 286 g/mol. The lowest BCUT2D eigenvalue weighted by molar-refractivity contribution is 0.0692. The van der Waals surface area contributed by atoms with Gasteiger partial charge in [0.25, 0.3) is 0 Å². The summed E-state index contributed by atoms with van der Waals surface area (Å²) in [7, 11) is 0. The van der Waals surface area contributed by atoms with E-state index in [2.05, 4.69) is 4.98 Å². The number of ether oxygens (including phenoxy) is 1. The van der Waals surface area contributed by atoms with Crippen molar-refractivity contribution in [3.8, 4) is 11.6 Å². The Hall–Kier alpha value is -2.21. The van der Waals surface area contributed by atoms with E-state index in [0.717, 1.165) is 24.4 Å². The molecule has 1 aromatic carbocycles. The first-order valence-electron chi connectivity index (χ1n) is 4.99. The SMILES string of the molecule is O=C(O)c1cc(F)cnc1Oc1ccc(F)c(Cl)c1. The minimum absolute atomic E-state index is 0.0907. The summed E-state index contributed by atoms with van der Waals surface area (Å²) in [6.45, 7) is 0. The summed E-state index contributed by atoms with van der Waals surface area (Å²) in [5.74, 6) is -3.05. The topological polar surface area (TPSA) is 59.4 Å². The Balaban J connectivity index is 2.37. The van der Waals surface area contributed by atoms with Crippen molar-refractivity contribution in [1.82, 2.24) is 4.98 Å². The molecule has 2 rings (SSSR count). The fourth-order valence-electron chi connectivity index (χ4n) is 1.31. The normalized spacial score (nSPS) is 10.3. The van der Waals surface area contributed by atoms with Crippen LogP contribution in [0.4, 0.5) is 8.78 Å². The fraction of sp³-hybridized carbons (Fsp3) is 0. The highest BCUT2D eigenvalue weighted by Crippen LogP contribution is 2.27. The zero-order valence-corrected chi connectivity index (χ0v) is 9.99. The van der Waals surface area contributed by atoms with Gasteiger partial charge in [-0.05, 0) is 18.2 Å². The molecule has 1 N–H and O–H groups in total. The summed E-state index contributed by atoms with van der Waals surface area (Å²) in [5, 5.41) is 8.71. The lowest BCUT2D eigenvalue weighted by Gasteiger charge is -2.07. The van der Waals surface area contributed by atoms with Gasteiger partial charge < -0.3 is 9.84 Å². The molecule has 1 aromatic heterocycles. The number of halogens is 3. The summed E-state index contributed by atoms with van der Waals surface area (Å²) in [5.41, 5.74) is -0.444. The molecule has 0 radical (unpaired) electrons.